The third kappa shape index (κ3) is 4.79. The quantitative estimate of drug-likeness (QED) is 0.534. The van der Waals surface area contributed by atoms with Gasteiger partial charge < -0.3 is 9.47 Å². The molecule has 1 aromatic carbocycles. The lowest BCUT2D eigenvalue weighted by atomic mass is 9.98. The fourth-order valence-electron chi connectivity index (χ4n) is 2.76. The largest absolute Gasteiger partial charge is 0.496 e. The maximum absolute atomic E-state index is 12.2. The molecule has 0 amide bonds. The molecule has 1 aromatic rings. The molecule has 1 heterocycles. The van der Waals surface area contributed by atoms with Crippen LogP contribution in [-0.4, -0.2) is 57.0 Å². The third-order valence-electron chi connectivity index (χ3n) is 4.30. The fourth-order valence-corrected chi connectivity index (χ4v) is 3.89. The molecule has 7 nitrogen and oxygen atoms in total. The van der Waals surface area contributed by atoms with Gasteiger partial charge in [0.1, 0.15) is 5.75 Å². The lowest BCUT2D eigenvalue weighted by Gasteiger charge is -2.29. The number of sulfonamides is 1. The number of methoxy groups -OCH3 is 1. The maximum atomic E-state index is 12.2. The number of carbonyl (C=O) groups excluding carboxylic acids is 2. The highest BCUT2D eigenvalue weighted by Gasteiger charge is 2.31. The van der Waals surface area contributed by atoms with Crippen molar-refractivity contribution in [2.45, 2.75) is 19.8 Å². The van der Waals surface area contributed by atoms with E-state index in [1.807, 2.05) is 0 Å². The normalized spacial score (nSPS) is 16.4. The number of ketones is 1. The van der Waals surface area contributed by atoms with Gasteiger partial charge in [-0.25, -0.2) is 12.7 Å². The van der Waals surface area contributed by atoms with Crippen molar-refractivity contribution in [3.05, 3.63) is 29.8 Å². The monoisotopic (exact) mass is 369 g/mol. The van der Waals surface area contributed by atoms with E-state index in [4.69, 9.17) is 9.47 Å². The number of hydrogen-bond acceptors (Lipinski definition) is 6. The van der Waals surface area contributed by atoms with Gasteiger partial charge in [0, 0.05) is 13.1 Å². The Morgan fingerprint density at radius 3 is 2.44 bits per heavy atom. The highest BCUT2D eigenvalue weighted by Crippen LogP contribution is 2.22. The summed E-state index contributed by atoms with van der Waals surface area (Å²) in [6.45, 7) is 1.85. The van der Waals surface area contributed by atoms with Crippen LogP contribution in [-0.2, 0) is 19.6 Å². The zero-order valence-electron chi connectivity index (χ0n) is 14.4. The van der Waals surface area contributed by atoms with Crippen molar-refractivity contribution in [2.75, 3.05) is 32.6 Å². The Hall–Kier alpha value is -1.93. The molecule has 25 heavy (non-hydrogen) atoms. The van der Waals surface area contributed by atoms with Crippen molar-refractivity contribution < 1.29 is 27.5 Å². The van der Waals surface area contributed by atoms with Crippen molar-refractivity contribution in [3.8, 4) is 5.75 Å². The summed E-state index contributed by atoms with van der Waals surface area (Å²) in [6, 6.07) is 6.74. The molecule has 2 rings (SSSR count). The molecular formula is C17H23NO6S. The number of Topliss-reactive ketones (excluding diaryl/α,β-unsaturated/α-hetero) is 1. The van der Waals surface area contributed by atoms with Gasteiger partial charge in [0.15, 0.2) is 6.61 Å². The molecule has 1 fully saturated rings. The van der Waals surface area contributed by atoms with Gasteiger partial charge in [-0.15, -0.1) is 0 Å². The number of rotatable bonds is 7. The Labute approximate surface area is 148 Å². The molecule has 1 aliphatic heterocycles. The van der Waals surface area contributed by atoms with Crippen LogP contribution in [0.2, 0.25) is 0 Å². The van der Waals surface area contributed by atoms with E-state index in [2.05, 4.69) is 0 Å². The van der Waals surface area contributed by atoms with E-state index >= 15 is 0 Å². The van der Waals surface area contributed by atoms with Crippen LogP contribution in [0.15, 0.2) is 24.3 Å². The van der Waals surface area contributed by atoms with Crippen LogP contribution >= 0.6 is 0 Å². The Kier molecular flexibility index (Phi) is 6.55. The first-order chi connectivity index (χ1) is 11.9. The van der Waals surface area contributed by atoms with E-state index in [0.717, 1.165) is 0 Å². The first-order valence-corrected chi connectivity index (χ1v) is 9.80. The Morgan fingerprint density at radius 1 is 1.20 bits per heavy atom. The first kappa shape index (κ1) is 19.4. The summed E-state index contributed by atoms with van der Waals surface area (Å²) < 4.78 is 35.3. The lowest BCUT2D eigenvalue weighted by Crippen LogP contribution is -2.41. The highest BCUT2D eigenvalue weighted by atomic mass is 32.2. The number of ether oxygens (including phenoxy) is 2. The molecule has 138 valence electrons. The van der Waals surface area contributed by atoms with E-state index in [9.17, 15) is 18.0 Å². The molecule has 0 bridgehead atoms. The molecule has 0 unspecified atom stereocenters. The van der Waals surface area contributed by atoms with E-state index in [1.165, 1.54) is 11.4 Å². The summed E-state index contributed by atoms with van der Waals surface area (Å²) in [7, 11) is -1.76. The summed E-state index contributed by atoms with van der Waals surface area (Å²) in [4.78, 5) is 24.3. The number of esters is 1. The van der Waals surface area contributed by atoms with E-state index in [1.54, 1.807) is 31.2 Å². The number of benzene rings is 1. The van der Waals surface area contributed by atoms with Gasteiger partial charge in [0.25, 0.3) is 0 Å². The smallest absolute Gasteiger partial charge is 0.309 e. The van der Waals surface area contributed by atoms with E-state index in [0.29, 0.717) is 37.2 Å². The van der Waals surface area contributed by atoms with Crippen molar-refractivity contribution in [1.82, 2.24) is 4.31 Å². The summed E-state index contributed by atoms with van der Waals surface area (Å²) in [5.41, 5.74) is 0.363. The molecule has 0 aliphatic carbocycles. The third-order valence-corrected chi connectivity index (χ3v) is 6.18. The number of para-hydroxylation sites is 1. The van der Waals surface area contributed by atoms with Gasteiger partial charge in [0.05, 0.1) is 24.3 Å². The van der Waals surface area contributed by atoms with E-state index < -0.39 is 16.0 Å². The zero-order valence-corrected chi connectivity index (χ0v) is 15.3. The SMILES string of the molecule is CCS(=O)(=O)N1CCC(C(=O)OCC(=O)c2ccccc2OC)CC1. The number of piperidine rings is 1. The standard InChI is InChI=1S/C17H23NO6S/c1-3-25(21,22)18-10-8-13(9-11-18)17(20)24-12-15(19)14-6-4-5-7-16(14)23-2/h4-7,13H,3,8-12H2,1-2H3. The van der Waals surface area contributed by atoms with Gasteiger partial charge >= 0.3 is 5.97 Å². The molecule has 0 atom stereocenters. The van der Waals surface area contributed by atoms with Crippen LogP contribution < -0.4 is 4.74 Å². The van der Waals surface area contributed by atoms with Gasteiger partial charge in [-0.3, -0.25) is 9.59 Å². The molecule has 8 heteroatoms. The van der Waals surface area contributed by atoms with Gasteiger partial charge in [-0.05, 0) is 31.9 Å². The van der Waals surface area contributed by atoms with Crippen LogP contribution in [0.1, 0.15) is 30.1 Å². The number of carbonyl (C=O) groups is 2. The molecule has 1 saturated heterocycles. The van der Waals surface area contributed by atoms with Crippen molar-refractivity contribution in [2.24, 2.45) is 5.92 Å². The maximum Gasteiger partial charge on any atom is 0.309 e. The van der Waals surface area contributed by atoms with Crippen LogP contribution in [0.25, 0.3) is 0 Å². The summed E-state index contributed by atoms with van der Waals surface area (Å²) in [5.74, 6) is -0.695. The zero-order chi connectivity index (χ0) is 18.4. The van der Waals surface area contributed by atoms with E-state index in [-0.39, 0.29) is 24.1 Å². The highest BCUT2D eigenvalue weighted by molar-refractivity contribution is 7.89. The predicted octanol–water partition coefficient (Wildman–Crippen LogP) is 1.48. The molecule has 0 aromatic heterocycles. The molecule has 0 spiro atoms. The first-order valence-electron chi connectivity index (χ1n) is 8.19. The number of nitrogens with zero attached hydrogens (tertiary/aromatic N) is 1. The van der Waals surface area contributed by atoms with Crippen LogP contribution in [0.3, 0.4) is 0 Å². The molecule has 0 radical (unpaired) electrons. The average molecular weight is 369 g/mol. The van der Waals surface area contributed by atoms with Crippen LogP contribution in [0, 0.1) is 5.92 Å². The Balaban J connectivity index is 1.86. The molecular weight excluding hydrogens is 346 g/mol. The van der Waals surface area contributed by atoms with Gasteiger partial charge in [-0.1, -0.05) is 12.1 Å². The van der Waals surface area contributed by atoms with Gasteiger partial charge in [0.2, 0.25) is 15.8 Å². The summed E-state index contributed by atoms with van der Waals surface area (Å²) >= 11 is 0. The number of hydrogen-bond donors (Lipinski definition) is 0. The topological polar surface area (TPSA) is 90.0 Å². The summed E-state index contributed by atoms with van der Waals surface area (Å²) in [5, 5.41) is 0. The minimum absolute atomic E-state index is 0.0511. The Bertz CT molecular complexity index is 722. The molecule has 0 saturated carbocycles. The second-order valence-corrected chi connectivity index (χ2v) is 8.06. The minimum atomic E-state index is -3.23. The molecule has 1 aliphatic rings. The second-order valence-electron chi connectivity index (χ2n) is 5.81. The van der Waals surface area contributed by atoms with Crippen molar-refractivity contribution in [1.29, 1.82) is 0 Å². The van der Waals surface area contributed by atoms with Crippen LogP contribution in [0.5, 0.6) is 5.75 Å². The van der Waals surface area contributed by atoms with Crippen molar-refractivity contribution >= 4 is 21.8 Å². The Morgan fingerprint density at radius 2 is 1.84 bits per heavy atom. The average Bonchev–Trinajstić information content (AvgIpc) is 2.65. The molecule has 0 N–H and O–H groups in total. The van der Waals surface area contributed by atoms with Crippen molar-refractivity contribution in [3.63, 3.8) is 0 Å². The lowest BCUT2D eigenvalue weighted by molar-refractivity contribution is -0.148. The van der Waals surface area contributed by atoms with Gasteiger partial charge in [-0.2, -0.15) is 0 Å². The predicted molar refractivity (Wildman–Crippen MR) is 92.0 cm³/mol. The second kappa shape index (κ2) is 8.44. The fraction of sp³-hybridized carbons (Fsp3) is 0.529. The van der Waals surface area contributed by atoms with Crippen LogP contribution in [0.4, 0.5) is 0 Å². The minimum Gasteiger partial charge on any atom is -0.496 e. The summed E-state index contributed by atoms with van der Waals surface area (Å²) in [6.07, 6.45) is 0.807.